The minimum absolute atomic E-state index is 0.0374. The number of anilines is 1. The average Bonchev–Trinajstić information content (AvgIpc) is 3.26. The molecule has 0 saturated carbocycles. The Bertz CT molecular complexity index is 1190. The van der Waals surface area contributed by atoms with Crippen molar-refractivity contribution in [2.45, 2.75) is 12.8 Å². The van der Waals surface area contributed by atoms with Gasteiger partial charge in [0, 0.05) is 16.7 Å². The van der Waals surface area contributed by atoms with E-state index in [2.05, 4.69) is 15.5 Å². The highest BCUT2D eigenvalue weighted by molar-refractivity contribution is 5.98. The van der Waals surface area contributed by atoms with Crippen molar-refractivity contribution in [3.63, 3.8) is 0 Å². The van der Waals surface area contributed by atoms with E-state index in [0.29, 0.717) is 24.0 Å². The molecule has 2 heterocycles. The highest BCUT2D eigenvalue weighted by Gasteiger charge is 2.33. The fourth-order valence-electron chi connectivity index (χ4n) is 3.62. The van der Waals surface area contributed by atoms with Crippen LogP contribution >= 0.6 is 0 Å². The lowest BCUT2D eigenvalue weighted by molar-refractivity contribution is -0.117. The zero-order valence-electron chi connectivity index (χ0n) is 16.7. The van der Waals surface area contributed by atoms with Crippen LogP contribution in [0.3, 0.4) is 0 Å². The third-order valence-corrected chi connectivity index (χ3v) is 5.01. The zero-order valence-corrected chi connectivity index (χ0v) is 16.7. The van der Waals surface area contributed by atoms with E-state index in [9.17, 15) is 4.79 Å². The van der Waals surface area contributed by atoms with Crippen molar-refractivity contribution in [2.75, 3.05) is 11.9 Å². The largest absolute Gasteiger partial charge is 0.494 e. The topological polar surface area (TPSA) is 86.5 Å². The molecule has 0 saturated heterocycles. The first-order valence-electron chi connectivity index (χ1n) is 9.96. The molecule has 0 radical (unpaired) electrons. The second-order valence-electron chi connectivity index (χ2n) is 6.97. The summed E-state index contributed by atoms with van der Waals surface area (Å²) < 4.78 is 17.1. The van der Waals surface area contributed by atoms with Gasteiger partial charge in [-0.3, -0.25) is 10.1 Å². The number of para-hydroxylation sites is 2. The molecule has 3 aromatic carbocycles. The monoisotopic (exact) mass is 413 g/mol. The van der Waals surface area contributed by atoms with Crippen LogP contribution in [0.4, 0.5) is 6.01 Å². The number of nitrogens with zero attached hydrogens (tertiary/aromatic N) is 2. The summed E-state index contributed by atoms with van der Waals surface area (Å²) in [6, 6.07) is 22.3. The van der Waals surface area contributed by atoms with Gasteiger partial charge in [0.15, 0.2) is 0 Å². The van der Waals surface area contributed by atoms with Gasteiger partial charge in [-0.1, -0.05) is 41.5 Å². The molecule has 0 atom stereocenters. The molecule has 1 N–H and O–H groups in total. The molecule has 0 unspecified atom stereocenters. The average molecular weight is 413 g/mol. The third kappa shape index (κ3) is 3.61. The Kier molecular flexibility index (Phi) is 4.84. The summed E-state index contributed by atoms with van der Waals surface area (Å²) in [6.07, 6.45) is 0. The van der Waals surface area contributed by atoms with E-state index in [1.54, 1.807) is 0 Å². The summed E-state index contributed by atoms with van der Waals surface area (Å²) in [5, 5.41) is 10.8. The molecule has 154 valence electrons. The van der Waals surface area contributed by atoms with E-state index < -0.39 is 5.92 Å². The fraction of sp³-hybridized carbons (Fsp3) is 0.125. The number of hydrogen-bond acceptors (Lipinski definition) is 6. The van der Waals surface area contributed by atoms with Crippen LogP contribution < -0.4 is 14.8 Å². The first-order chi connectivity index (χ1) is 15.2. The number of ether oxygens (including phenoxy) is 2. The van der Waals surface area contributed by atoms with Crippen LogP contribution in [0.5, 0.6) is 17.2 Å². The van der Waals surface area contributed by atoms with Gasteiger partial charge in [-0.05, 0) is 43.3 Å². The summed E-state index contributed by atoms with van der Waals surface area (Å²) in [5.41, 5.74) is 2.30. The number of carbonyl (C=O) groups excluding carboxylic acids is 1. The molecule has 7 nitrogen and oxygen atoms in total. The fourth-order valence-corrected chi connectivity index (χ4v) is 3.62. The molecule has 1 aliphatic heterocycles. The van der Waals surface area contributed by atoms with Crippen molar-refractivity contribution in [3.05, 3.63) is 83.9 Å². The molecule has 7 heteroatoms. The van der Waals surface area contributed by atoms with Gasteiger partial charge in [-0.25, -0.2) is 0 Å². The molecule has 1 aromatic heterocycles. The summed E-state index contributed by atoms with van der Waals surface area (Å²) in [7, 11) is 0. The van der Waals surface area contributed by atoms with Gasteiger partial charge in [0.2, 0.25) is 11.8 Å². The lowest BCUT2D eigenvalue weighted by Crippen LogP contribution is -2.25. The maximum absolute atomic E-state index is 13.2. The van der Waals surface area contributed by atoms with Crippen molar-refractivity contribution in [1.29, 1.82) is 0 Å². The maximum Gasteiger partial charge on any atom is 0.322 e. The van der Waals surface area contributed by atoms with Crippen molar-refractivity contribution < 1.29 is 18.7 Å². The van der Waals surface area contributed by atoms with Gasteiger partial charge < -0.3 is 13.9 Å². The lowest BCUT2D eigenvalue weighted by Gasteiger charge is -2.26. The predicted octanol–water partition coefficient (Wildman–Crippen LogP) is 5.01. The highest BCUT2D eigenvalue weighted by atomic mass is 16.5. The Labute approximate surface area is 178 Å². The van der Waals surface area contributed by atoms with Crippen LogP contribution in [0, 0.1) is 0 Å². The number of carbonyl (C=O) groups is 1. The SMILES string of the molecule is CCOc1ccc(-c2nnc(NC(=O)C3c4ccccc4Oc4ccccc43)o2)cc1. The lowest BCUT2D eigenvalue weighted by atomic mass is 9.87. The van der Waals surface area contributed by atoms with Crippen LogP contribution in [-0.2, 0) is 4.79 Å². The van der Waals surface area contributed by atoms with E-state index in [-0.39, 0.29) is 11.9 Å². The Morgan fingerprint density at radius 2 is 1.58 bits per heavy atom. The summed E-state index contributed by atoms with van der Waals surface area (Å²) >= 11 is 0. The Morgan fingerprint density at radius 3 is 2.23 bits per heavy atom. The number of benzene rings is 3. The maximum atomic E-state index is 13.2. The Morgan fingerprint density at radius 1 is 0.935 bits per heavy atom. The van der Waals surface area contributed by atoms with Gasteiger partial charge in [-0.15, -0.1) is 5.10 Å². The van der Waals surface area contributed by atoms with E-state index in [0.717, 1.165) is 22.4 Å². The molecule has 4 aromatic rings. The first kappa shape index (κ1) is 18.9. The molecular formula is C24H19N3O4. The van der Waals surface area contributed by atoms with Gasteiger partial charge >= 0.3 is 6.01 Å². The van der Waals surface area contributed by atoms with Crippen LogP contribution in [0.2, 0.25) is 0 Å². The first-order valence-corrected chi connectivity index (χ1v) is 9.96. The smallest absolute Gasteiger partial charge is 0.322 e. The minimum Gasteiger partial charge on any atom is -0.494 e. The van der Waals surface area contributed by atoms with E-state index >= 15 is 0 Å². The number of hydrogen-bond donors (Lipinski definition) is 1. The van der Waals surface area contributed by atoms with Gasteiger partial charge in [0.25, 0.3) is 0 Å². The van der Waals surface area contributed by atoms with Crippen molar-refractivity contribution in [2.24, 2.45) is 0 Å². The highest BCUT2D eigenvalue weighted by Crippen LogP contribution is 2.44. The Balaban J connectivity index is 1.40. The van der Waals surface area contributed by atoms with Gasteiger partial charge in [-0.2, -0.15) is 0 Å². The molecular weight excluding hydrogens is 394 g/mol. The number of rotatable bonds is 5. The number of aromatic nitrogens is 2. The quantitative estimate of drug-likeness (QED) is 0.495. The van der Waals surface area contributed by atoms with Crippen LogP contribution in [0.25, 0.3) is 11.5 Å². The molecule has 0 spiro atoms. The van der Waals surface area contributed by atoms with Gasteiger partial charge in [0.05, 0.1) is 12.5 Å². The van der Waals surface area contributed by atoms with Gasteiger partial charge in [0.1, 0.15) is 17.2 Å². The summed E-state index contributed by atoms with van der Waals surface area (Å²) in [5.74, 6) is 1.55. The third-order valence-electron chi connectivity index (χ3n) is 5.01. The molecule has 31 heavy (non-hydrogen) atoms. The Hall–Kier alpha value is -4.13. The van der Waals surface area contributed by atoms with E-state index in [1.807, 2.05) is 79.7 Å². The minimum atomic E-state index is -0.554. The van der Waals surface area contributed by atoms with Crippen LogP contribution in [-0.4, -0.2) is 22.7 Å². The zero-order chi connectivity index (χ0) is 21.2. The van der Waals surface area contributed by atoms with Crippen molar-refractivity contribution >= 4 is 11.9 Å². The van der Waals surface area contributed by atoms with Crippen molar-refractivity contribution in [3.8, 4) is 28.7 Å². The predicted molar refractivity (Wildman–Crippen MR) is 114 cm³/mol. The molecule has 0 aliphatic carbocycles. The van der Waals surface area contributed by atoms with Crippen LogP contribution in [0.1, 0.15) is 24.0 Å². The number of fused-ring (bicyclic) bond motifs is 2. The molecule has 0 bridgehead atoms. The summed E-state index contributed by atoms with van der Waals surface area (Å²) in [6.45, 7) is 2.52. The van der Waals surface area contributed by atoms with Crippen molar-refractivity contribution in [1.82, 2.24) is 10.2 Å². The standard InChI is InChI=1S/C24H19N3O4/c1-2-29-16-13-11-15(12-14-16)23-26-27-24(31-23)25-22(28)21-17-7-3-5-9-19(17)30-20-10-6-4-8-18(20)21/h3-14,21H,2H2,1H3,(H,25,27,28). The molecule has 1 aliphatic rings. The molecule has 1 amide bonds. The second kappa shape index (κ2) is 7.95. The van der Waals surface area contributed by atoms with Crippen LogP contribution in [0.15, 0.2) is 77.2 Å². The number of amides is 1. The molecule has 0 fully saturated rings. The normalized spacial score (nSPS) is 12.4. The number of nitrogens with one attached hydrogen (secondary N) is 1. The van der Waals surface area contributed by atoms with E-state index in [1.165, 1.54) is 0 Å². The molecule has 5 rings (SSSR count). The van der Waals surface area contributed by atoms with E-state index in [4.69, 9.17) is 13.9 Å². The second-order valence-corrected chi connectivity index (χ2v) is 6.97. The summed E-state index contributed by atoms with van der Waals surface area (Å²) in [4.78, 5) is 13.2.